The zero-order chi connectivity index (χ0) is 19.5. The van der Waals surface area contributed by atoms with E-state index in [-0.39, 0.29) is 5.82 Å². The molecule has 0 atom stereocenters. The molecule has 1 N–H and O–H groups in total. The van der Waals surface area contributed by atoms with Crippen LogP contribution in [0, 0.1) is 5.82 Å². The van der Waals surface area contributed by atoms with Crippen LogP contribution in [0.1, 0.15) is 17.3 Å². The lowest BCUT2D eigenvalue weighted by Gasteiger charge is -2.09. The van der Waals surface area contributed by atoms with Gasteiger partial charge >= 0.3 is 0 Å². The number of nitrogens with zero attached hydrogens (tertiary/aromatic N) is 1. The van der Waals surface area contributed by atoms with Crippen molar-refractivity contribution in [3.63, 3.8) is 0 Å². The van der Waals surface area contributed by atoms with Gasteiger partial charge < -0.3 is 5.32 Å². The Morgan fingerprint density at radius 2 is 1.71 bits per heavy atom. The number of carbonyl (C=O) groups excluding carboxylic acids is 1. The zero-order valence-corrected chi connectivity index (χ0v) is 15.4. The Balaban J connectivity index is 1.72. The molecule has 3 aromatic carbocycles. The lowest BCUT2D eigenvalue weighted by molar-refractivity contribution is 0.112. The molecule has 0 unspecified atom stereocenters. The predicted molar refractivity (Wildman–Crippen MR) is 112 cm³/mol. The fourth-order valence-corrected chi connectivity index (χ4v) is 3.32. The maximum absolute atomic E-state index is 13.5. The molecule has 3 nitrogen and oxygen atoms in total. The van der Waals surface area contributed by atoms with Crippen LogP contribution >= 0.6 is 0 Å². The van der Waals surface area contributed by atoms with E-state index in [9.17, 15) is 9.18 Å². The van der Waals surface area contributed by atoms with Crippen molar-refractivity contribution in [2.75, 3.05) is 11.9 Å². The molecular weight excluding hydrogens is 351 g/mol. The summed E-state index contributed by atoms with van der Waals surface area (Å²) in [6.07, 6.45) is 0.744. The lowest BCUT2D eigenvalue weighted by atomic mass is 10.0. The standard InChI is InChI=1S/C24H19FN2O/c1-2-26-21-5-3-4-18(12-21)16-6-8-17(9-7-16)24-13-19(15-28)22-14-20(25)10-11-23(22)27-24/h3-15,26H,2H2,1H3. The van der Waals surface area contributed by atoms with Gasteiger partial charge in [-0.15, -0.1) is 0 Å². The largest absolute Gasteiger partial charge is 0.385 e. The molecule has 4 aromatic rings. The van der Waals surface area contributed by atoms with Gasteiger partial charge in [0.05, 0.1) is 11.2 Å². The van der Waals surface area contributed by atoms with Crippen LogP contribution in [-0.2, 0) is 0 Å². The highest BCUT2D eigenvalue weighted by atomic mass is 19.1. The summed E-state index contributed by atoms with van der Waals surface area (Å²) in [7, 11) is 0. The molecule has 1 heterocycles. The van der Waals surface area contributed by atoms with Crippen molar-refractivity contribution < 1.29 is 9.18 Å². The van der Waals surface area contributed by atoms with E-state index in [2.05, 4.69) is 29.4 Å². The Hall–Kier alpha value is -3.53. The van der Waals surface area contributed by atoms with Crippen molar-refractivity contribution in [3.05, 3.63) is 84.2 Å². The fourth-order valence-electron chi connectivity index (χ4n) is 3.32. The average Bonchev–Trinajstić information content (AvgIpc) is 2.73. The first-order valence-electron chi connectivity index (χ1n) is 9.18. The molecule has 28 heavy (non-hydrogen) atoms. The zero-order valence-electron chi connectivity index (χ0n) is 15.4. The van der Waals surface area contributed by atoms with Crippen LogP contribution in [0.2, 0.25) is 0 Å². The number of pyridine rings is 1. The average molecular weight is 370 g/mol. The number of aldehydes is 1. The third-order valence-corrected chi connectivity index (χ3v) is 4.69. The first-order valence-corrected chi connectivity index (χ1v) is 9.18. The minimum absolute atomic E-state index is 0.380. The van der Waals surface area contributed by atoms with Gasteiger partial charge in [-0.05, 0) is 54.4 Å². The summed E-state index contributed by atoms with van der Waals surface area (Å²) in [5.41, 5.74) is 5.94. The minimum atomic E-state index is -0.380. The lowest BCUT2D eigenvalue weighted by Crippen LogP contribution is -1.96. The number of fused-ring (bicyclic) bond motifs is 1. The van der Waals surface area contributed by atoms with Gasteiger partial charge in [0.1, 0.15) is 5.82 Å². The molecule has 0 aliphatic carbocycles. The molecule has 0 fully saturated rings. The van der Waals surface area contributed by atoms with Gasteiger partial charge in [0.2, 0.25) is 0 Å². The Kier molecular flexibility index (Phi) is 4.85. The van der Waals surface area contributed by atoms with E-state index in [1.807, 2.05) is 36.4 Å². The van der Waals surface area contributed by atoms with Crippen molar-refractivity contribution in [2.24, 2.45) is 0 Å². The van der Waals surface area contributed by atoms with E-state index in [1.165, 1.54) is 12.1 Å². The smallest absolute Gasteiger partial charge is 0.150 e. The Morgan fingerprint density at radius 3 is 2.46 bits per heavy atom. The molecule has 0 bridgehead atoms. The van der Waals surface area contributed by atoms with Crippen LogP contribution in [0.3, 0.4) is 0 Å². The Labute approximate surface area is 162 Å². The van der Waals surface area contributed by atoms with Gasteiger partial charge in [0, 0.05) is 28.7 Å². The summed E-state index contributed by atoms with van der Waals surface area (Å²) in [6.45, 7) is 2.94. The number of rotatable bonds is 5. The molecule has 0 spiro atoms. The normalized spacial score (nSPS) is 10.8. The molecule has 1 aromatic heterocycles. The Morgan fingerprint density at radius 1 is 0.929 bits per heavy atom. The Bertz CT molecular complexity index is 1150. The van der Waals surface area contributed by atoms with Gasteiger partial charge in [-0.1, -0.05) is 36.4 Å². The summed E-state index contributed by atoms with van der Waals surface area (Å²) in [6, 6.07) is 22.3. The summed E-state index contributed by atoms with van der Waals surface area (Å²) in [4.78, 5) is 16.1. The van der Waals surface area contributed by atoms with Crippen LogP contribution in [0.15, 0.2) is 72.8 Å². The quantitative estimate of drug-likeness (QED) is 0.441. The summed E-state index contributed by atoms with van der Waals surface area (Å²) >= 11 is 0. The second-order valence-corrected chi connectivity index (χ2v) is 6.56. The fraction of sp³-hybridized carbons (Fsp3) is 0.0833. The number of nitrogens with one attached hydrogen (secondary N) is 1. The number of hydrogen-bond acceptors (Lipinski definition) is 3. The maximum atomic E-state index is 13.5. The number of carbonyl (C=O) groups is 1. The van der Waals surface area contributed by atoms with E-state index in [0.717, 1.165) is 35.2 Å². The number of aromatic nitrogens is 1. The first kappa shape index (κ1) is 17.9. The number of benzene rings is 3. The third-order valence-electron chi connectivity index (χ3n) is 4.69. The van der Waals surface area contributed by atoms with Crippen molar-refractivity contribution in [1.29, 1.82) is 0 Å². The summed E-state index contributed by atoms with van der Waals surface area (Å²) in [5, 5.41) is 3.84. The summed E-state index contributed by atoms with van der Waals surface area (Å²) < 4.78 is 13.5. The highest BCUT2D eigenvalue weighted by molar-refractivity contribution is 5.98. The second kappa shape index (κ2) is 7.61. The molecular formula is C24H19FN2O. The molecule has 0 aliphatic rings. The molecule has 0 amide bonds. The van der Waals surface area contributed by atoms with Crippen molar-refractivity contribution in [2.45, 2.75) is 6.92 Å². The van der Waals surface area contributed by atoms with Crippen molar-refractivity contribution in [1.82, 2.24) is 4.98 Å². The topological polar surface area (TPSA) is 42.0 Å². The van der Waals surface area contributed by atoms with E-state index in [1.54, 1.807) is 12.1 Å². The van der Waals surface area contributed by atoms with Crippen LogP contribution < -0.4 is 5.32 Å². The predicted octanol–water partition coefficient (Wildman–Crippen LogP) is 5.95. The van der Waals surface area contributed by atoms with E-state index in [4.69, 9.17) is 0 Å². The highest BCUT2D eigenvalue weighted by Gasteiger charge is 2.09. The molecule has 4 heteroatoms. The first-order chi connectivity index (χ1) is 13.7. The van der Waals surface area contributed by atoms with Crippen LogP contribution in [0.5, 0.6) is 0 Å². The van der Waals surface area contributed by atoms with Gasteiger partial charge in [-0.3, -0.25) is 4.79 Å². The highest BCUT2D eigenvalue weighted by Crippen LogP contribution is 2.28. The minimum Gasteiger partial charge on any atom is -0.385 e. The van der Waals surface area contributed by atoms with Gasteiger partial charge in [-0.2, -0.15) is 0 Å². The van der Waals surface area contributed by atoms with E-state index in [0.29, 0.717) is 22.2 Å². The van der Waals surface area contributed by atoms with Crippen LogP contribution in [0.25, 0.3) is 33.3 Å². The number of halogens is 1. The van der Waals surface area contributed by atoms with Gasteiger partial charge in [-0.25, -0.2) is 9.37 Å². The maximum Gasteiger partial charge on any atom is 0.150 e. The molecule has 4 rings (SSSR count). The third kappa shape index (κ3) is 3.49. The van der Waals surface area contributed by atoms with Gasteiger partial charge in [0.15, 0.2) is 6.29 Å². The molecule has 0 saturated carbocycles. The van der Waals surface area contributed by atoms with Gasteiger partial charge in [0.25, 0.3) is 0 Å². The number of anilines is 1. The van der Waals surface area contributed by atoms with Crippen LogP contribution in [-0.4, -0.2) is 17.8 Å². The van der Waals surface area contributed by atoms with Crippen molar-refractivity contribution in [3.8, 4) is 22.4 Å². The van der Waals surface area contributed by atoms with Crippen molar-refractivity contribution >= 4 is 22.9 Å². The SMILES string of the molecule is CCNc1cccc(-c2ccc(-c3cc(C=O)c4cc(F)ccc4n3)cc2)c1. The van der Waals surface area contributed by atoms with Crippen LogP contribution in [0.4, 0.5) is 10.1 Å². The molecule has 0 saturated heterocycles. The molecule has 0 radical (unpaired) electrons. The second-order valence-electron chi connectivity index (χ2n) is 6.56. The molecule has 0 aliphatic heterocycles. The van der Waals surface area contributed by atoms with E-state index < -0.39 is 0 Å². The molecule has 138 valence electrons. The number of hydrogen-bond donors (Lipinski definition) is 1. The monoisotopic (exact) mass is 370 g/mol. The summed E-state index contributed by atoms with van der Waals surface area (Å²) in [5.74, 6) is -0.380. The van der Waals surface area contributed by atoms with E-state index >= 15 is 0 Å².